The van der Waals surface area contributed by atoms with Gasteiger partial charge in [-0.25, -0.2) is 9.78 Å². The number of methoxy groups -OCH3 is 2. The predicted molar refractivity (Wildman–Crippen MR) is 152 cm³/mol. The van der Waals surface area contributed by atoms with Crippen LogP contribution in [0, 0.1) is 11.3 Å². The van der Waals surface area contributed by atoms with Gasteiger partial charge in [-0.3, -0.25) is 4.79 Å². The normalized spacial score (nSPS) is 15.1. The number of carbonyl (C=O) groups is 2. The second-order valence-electron chi connectivity index (χ2n) is 10.8. The lowest BCUT2D eigenvalue weighted by atomic mass is 9.72. The number of pyridine rings is 1. The van der Waals surface area contributed by atoms with Gasteiger partial charge >= 0.3 is 5.97 Å². The molecule has 0 radical (unpaired) electrons. The van der Waals surface area contributed by atoms with Gasteiger partial charge in [0.1, 0.15) is 10.8 Å². The number of benzene rings is 2. The number of nitrogens with one attached hydrogen (secondary N) is 1. The molecule has 0 saturated carbocycles. The minimum atomic E-state index is -0.413. The molecule has 196 valence electrons. The Morgan fingerprint density at radius 1 is 1.05 bits per heavy atom. The minimum Gasteiger partial charge on any atom is -0.497 e. The maximum absolute atomic E-state index is 13.8. The Hall–Kier alpha value is -3.71. The summed E-state index contributed by atoms with van der Waals surface area (Å²) < 4.78 is 10.5. The molecular weight excluding hydrogens is 496 g/mol. The first-order valence-electron chi connectivity index (χ1n) is 12.8. The molecule has 4 aromatic rings. The van der Waals surface area contributed by atoms with Crippen molar-refractivity contribution in [1.82, 2.24) is 4.98 Å². The molecule has 7 heteroatoms. The molecule has 0 aliphatic heterocycles. The van der Waals surface area contributed by atoms with Gasteiger partial charge in [0.05, 0.1) is 36.6 Å². The van der Waals surface area contributed by atoms with Crippen LogP contribution in [-0.4, -0.2) is 31.1 Å². The Kier molecular flexibility index (Phi) is 6.97. The summed E-state index contributed by atoms with van der Waals surface area (Å²) in [5.74, 6) is 0.522. The molecule has 0 fully saturated rings. The Bertz CT molecular complexity index is 1530. The van der Waals surface area contributed by atoms with Crippen LogP contribution in [0.4, 0.5) is 5.00 Å². The molecule has 0 bridgehead atoms. The van der Waals surface area contributed by atoms with Crippen LogP contribution in [0.3, 0.4) is 0 Å². The quantitative estimate of drug-likeness (QED) is 0.278. The predicted octanol–water partition coefficient (Wildman–Crippen LogP) is 7.16. The lowest BCUT2D eigenvalue weighted by Crippen LogP contribution is -2.26. The number of para-hydroxylation sites is 1. The highest BCUT2D eigenvalue weighted by Crippen LogP contribution is 2.44. The maximum atomic E-state index is 13.8. The first-order valence-corrected chi connectivity index (χ1v) is 13.6. The van der Waals surface area contributed by atoms with Crippen LogP contribution in [0.2, 0.25) is 0 Å². The lowest BCUT2D eigenvalue weighted by Gasteiger charge is -2.33. The standard InChI is InChI=1S/C31H32N2O4S/c1-31(2,3)19-13-14-22-26(16-19)38-29(27(22)30(35)37-5)33-28(34)23-17-25(18-9-8-10-20(15-18)36-4)32-24-12-7-6-11-21(23)24/h6-12,15,17,19H,13-14,16H2,1-5H3,(H,33,34). The van der Waals surface area contributed by atoms with Crippen molar-refractivity contribution in [3.05, 3.63) is 76.2 Å². The number of nitrogens with zero attached hydrogens (tertiary/aromatic N) is 1. The van der Waals surface area contributed by atoms with Crippen LogP contribution in [0.15, 0.2) is 54.6 Å². The summed E-state index contributed by atoms with van der Waals surface area (Å²) in [6, 6.07) is 17.0. The molecule has 6 nitrogen and oxygen atoms in total. The first-order chi connectivity index (χ1) is 18.2. The van der Waals surface area contributed by atoms with Crippen molar-refractivity contribution >= 4 is 39.1 Å². The number of aromatic nitrogens is 1. The molecule has 2 heterocycles. The van der Waals surface area contributed by atoms with E-state index < -0.39 is 5.97 Å². The van der Waals surface area contributed by atoms with Crippen LogP contribution in [-0.2, 0) is 17.6 Å². The molecule has 1 aliphatic carbocycles. The zero-order valence-corrected chi connectivity index (χ0v) is 23.2. The summed E-state index contributed by atoms with van der Waals surface area (Å²) >= 11 is 1.49. The van der Waals surface area contributed by atoms with Crippen LogP contribution < -0.4 is 10.1 Å². The van der Waals surface area contributed by atoms with Gasteiger partial charge in [0.15, 0.2) is 0 Å². The summed E-state index contributed by atoms with van der Waals surface area (Å²) in [5, 5.41) is 4.36. The molecule has 1 atom stereocenters. The summed E-state index contributed by atoms with van der Waals surface area (Å²) in [5.41, 5.74) is 4.38. The van der Waals surface area contributed by atoms with E-state index in [1.54, 1.807) is 13.2 Å². The van der Waals surface area contributed by atoms with Gasteiger partial charge in [0, 0.05) is 15.8 Å². The van der Waals surface area contributed by atoms with E-state index in [-0.39, 0.29) is 11.3 Å². The van der Waals surface area contributed by atoms with E-state index in [1.165, 1.54) is 18.4 Å². The smallest absolute Gasteiger partial charge is 0.341 e. The minimum absolute atomic E-state index is 0.170. The lowest BCUT2D eigenvalue weighted by molar-refractivity contribution is 0.0600. The summed E-state index contributed by atoms with van der Waals surface area (Å²) in [7, 11) is 3.00. The van der Waals surface area contributed by atoms with E-state index in [4.69, 9.17) is 14.5 Å². The van der Waals surface area contributed by atoms with E-state index in [2.05, 4.69) is 26.1 Å². The van der Waals surface area contributed by atoms with E-state index in [0.717, 1.165) is 40.7 Å². The fraction of sp³-hybridized carbons (Fsp3) is 0.323. The summed E-state index contributed by atoms with van der Waals surface area (Å²) in [4.78, 5) is 32.7. The van der Waals surface area contributed by atoms with Crippen molar-refractivity contribution in [3.8, 4) is 17.0 Å². The first kappa shape index (κ1) is 25.9. The molecule has 0 saturated heterocycles. The molecule has 0 spiro atoms. The van der Waals surface area contributed by atoms with Crippen molar-refractivity contribution in [2.45, 2.75) is 40.0 Å². The van der Waals surface area contributed by atoms with Crippen molar-refractivity contribution in [2.75, 3.05) is 19.5 Å². The number of carbonyl (C=O) groups excluding carboxylic acids is 2. The summed E-state index contributed by atoms with van der Waals surface area (Å²) in [6.07, 6.45) is 2.69. The average Bonchev–Trinajstić information content (AvgIpc) is 3.28. The van der Waals surface area contributed by atoms with Crippen LogP contribution in [0.25, 0.3) is 22.2 Å². The van der Waals surface area contributed by atoms with Crippen LogP contribution in [0.1, 0.15) is 58.3 Å². The second kappa shape index (κ2) is 10.2. The van der Waals surface area contributed by atoms with Crippen molar-refractivity contribution in [3.63, 3.8) is 0 Å². The Labute approximate surface area is 227 Å². The fourth-order valence-corrected chi connectivity index (χ4v) is 6.51. The van der Waals surface area contributed by atoms with Gasteiger partial charge in [0.25, 0.3) is 5.91 Å². The highest BCUT2D eigenvalue weighted by Gasteiger charge is 2.34. The Morgan fingerprint density at radius 2 is 1.84 bits per heavy atom. The van der Waals surface area contributed by atoms with E-state index in [9.17, 15) is 9.59 Å². The second-order valence-corrected chi connectivity index (χ2v) is 11.9. The van der Waals surface area contributed by atoms with Crippen molar-refractivity contribution < 1.29 is 19.1 Å². The number of thiophene rings is 1. The summed E-state index contributed by atoms with van der Waals surface area (Å²) in [6.45, 7) is 6.78. The third kappa shape index (κ3) is 4.90. The number of hydrogen-bond donors (Lipinski definition) is 1. The molecule has 1 aliphatic rings. The highest BCUT2D eigenvalue weighted by atomic mass is 32.1. The third-order valence-electron chi connectivity index (χ3n) is 7.43. The monoisotopic (exact) mass is 528 g/mol. The van der Waals surface area contributed by atoms with E-state index in [0.29, 0.717) is 39.0 Å². The zero-order chi connectivity index (χ0) is 27.0. The number of ether oxygens (including phenoxy) is 2. The van der Waals surface area contributed by atoms with Gasteiger partial charge in [-0.1, -0.05) is 51.1 Å². The van der Waals surface area contributed by atoms with Crippen molar-refractivity contribution in [2.24, 2.45) is 11.3 Å². The molecule has 2 aromatic heterocycles. The Balaban J connectivity index is 1.56. The van der Waals surface area contributed by atoms with Gasteiger partial charge in [0.2, 0.25) is 0 Å². The van der Waals surface area contributed by atoms with Gasteiger partial charge in [-0.05, 0) is 60.4 Å². The third-order valence-corrected chi connectivity index (χ3v) is 8.60. The number of esters is 1. The van der Waals surface area contributed by atoms with Gasteiger partial charge in [-0.15, -0.1) is 11.3 Å². The number of amides is 1. The maximum Gasteiger partial charge on any atom is 0.341 e. The molecule has 1 amide bonds. The average molecular weight is 529 g/mol. The molecule has 38 heavy (non-hydrogen) atoms. The number of anilines is 1. The molecule has 2 aromatic carbocycles. The van der Waals surface area contributed by atoms with Gasteiger partial charge in [-0.2, -0.15) is 0 Å². The molecule has 1 unspecified atom stereocenters. The zero-order valence-electron chi connectivity index (χ0n) is 22.4. The van der Waals surface area contributed by atoms with Crippen LogP contribution in [0.5, 0.6) is 5.75 Å². The SMILES string of the molecule is COC(=O)c1c(NC(=O)c2cc(-c3cccc(OC)c3)nc3ccccc23)sc2c1CCC(C(C)(C)C)C2. The van der Waals surface area contributed by atoms with E-state index in [1.807, 2.05) is 48.5 Å². The highest BCUT2D eigenvalue weighted by molar-refractivity contribution is 7.17. The van der Waals surface area contributed by atoms with E-state index >= 15 is 0 Å². The molecular formula is C31H32N2O4S. The molecule has 5 rings (SSSR count). The van der Waals surface area contributed by atoms with Crippen LogP contribution >= 0.6 is 11.3 Å². The number of rotatable bonds is 5. The Morgan fingerprint density at radius 3 is 2.58 bits per heavy atom. The number of hydrogen-bond acceptors (Lipinski definition) is 6. The molecule has 1 N–H and O–H groups in total. The topological polar surface area (TPSA) is 77.5 Å². The van der Waals surface area contributed by atoms with Crippen molar-refractivity contribution in [1.29, 1.82) is 0 Å². The van der Waals surface area contributed by atoms with Gasteiger partial charge < -0.3 is 14.8 Å². The fourth-order valence-electron chi connectivity index (χ4n) is 5.20. The largest absolute Gasteiger partial charge is 0.497 e. The number of fused-ring (bicyclic) bond motifs is 2.